The minimum atomic E-state index is -0.646. The Balaban J connectivity index is 1.64. The number of fused-ring (bicyclic) bond motifs is 1. The molecule has 2 bridgehead atoms. The highest BCUT2D eigenvalue weighted by Crippen LogP contribution is 2.71. The molecule has 8 nitrogen and oxygen atoms in total. The Morgan fingerprint density at radius 1 is 1.17 bits per heavy atom. The zero-order valence-electron chi connectivity index (χ0n) is 20.8. The van der Waals surface area contributed by atoms with Gasteiger partial charge in [0.15, 0.2) is 0 Å². The van der Waals surface area contributed by atoms with Crippen LogP contribution in [0.5, 0.6) is 5.75 Å². The number of carbonyl (C=O) groups excluding carboxylic acids is 3. The van der Waals surface area contributed by atoms with Gasteiger partial charge in [-0.1, -0.05) is 6.92 Å². The van der Waals surface area contributed by atoms with Crippen LogP contribution in [0.3, 0.4) is 0 Å². The van der Waals surface area contributed by atoms with E-state index in [-0.39, 0.29) is 29.1 Å². The van der Waals surface area contributed by atoms with Gasteiger partial charge in [-0.3, -0.25) is 14.4 Å². The zero-order chi connectivity index (χ0) is 25.2. The largest absolute Gasteiger partial charge is 0.497 e. The van der Waals surface area contributed by atoms with Gasteiger partial charge in [-0.2, -0.15) is 0 Å². The molecule has 3 fully saturated rings. The topological polar surface area (TPSA) is 108 Å². The summed E-state index contributed by atoms with van der Waals surface area (Å²) in [5.41, 5.74) is 0.643. The second-order valence-corrected chi connectivity index (χ2v) is 11.9. The Morgan fingerprint density at radius 2 is 1.91 bits per heavy atom. The molecule has 5 atom stereocenters. The number of likely N-dealkylation sites (tertiary alicyclic amines) is 1. The minimum absolute atomic E-state index is 0.0711. The number of benzene rings is 1. The molecule has 1 spiro atoms. The lowest BCUT2D eigenvalue weighted by molar-refractivity contribution is -0.140. The van der Waals surface area contributed by atoms with E-state index in [0.717, 1.165) is 25.7 Å². The summed E-state index contributed by atoms with van der Waals surface area (Å²) in [6.07, 6.45) is 4.50. The van der Waals surface area contributed by atoms with Crippen molar-refractivity contribution in [3.8, 4) is 5.75 Å². The molecule has 192 valence electrons. The predicted molar refractivity (Wildman–Crippen MR) is 136 cm³/mol. The standard InChI is InChI=1S/C26H37N3O5S/c1-4-14-27-22(31)19-20-24(33)29(15-6-5-7-16-30)21(26(20)13-12-25(19,2)35-26)23(32)28-17-8-10-18(34-3)11-9-17/h8-11,19-21,30H,4-7,12-16H2,1-3H3,(H,27,31)(H,28,32)/t19-,20+,21?,25+,26?/m1/s1. The van der Waals surface area contributed by atoms with E-state index < -0.39 is 22.6 Å². The molecule has 2 unspecified atom stereocenters. The highest BCUT2D eigenvalue weighted by molar-refractivity contribution is 8.02. The molecule has 3 amide bonds. The van der Waals surface area contributed by atoms with E-state index in [1.165, 1.54) is 0 Å². The van der Waals surface area contributed by atoms with Crippen molar-refractivity contribution in [2.24, 2.45) is 11.8 Å². The molecule has 3 saturated heterocycles. The fourth-order valence-corrected chi connectivity index (χ4v) is 8.54. The number of amides is 3. The molecule has 1 aromatic carbocycles. The second kappa shape index (κ2) is 10.4. The first-order valence-corrected chi connectivity index (χ1v) is 13.5. The van der Waals surface area contributed by atoms with Crippen LogP contribution in [0.15, 0.2) is 24.3 Å². The number of carbonyl (C=O) groups is 3. The van der Waals surface area contributed by atoms with Crippen LogP contribution in [0.1, 0.15) is 52.4 Å². The fourth-order valence-electron chi connectivity index (χ4n) is 6.18. The van der Waals surface area contributed by atoms with Crippen LogP contribution < -0.4 is 15.4 Å². The lowest BCUT2D eigenvalue weighted by Gasteiger charge is -2.34. The van der Waals surface area contributed by atoms with Crippen molar-refractivity contribution in [2.75, 3.05) is 32.1 Å². The summed E-state index contributed by atoms with van der Waals surface area (Å²) in [7, 11) is 1.59. The van der Waals surface area contributed by atoms with E-state index in [2.05, 4.69) is 17.6 Å². The summed E-state index contributed by atoms with van der Waals surface area (Å²) in [5.74, 6) is -0.622. The number of rotatable bonds is 11. The second-order valence-electron chi connectivity index (χ2n) is 10.1. The first-order valence-electron chi connectivity index (χ1n) is 12.7. The van der Waals surface area contributed by atoms with Crippen molar-refractivity contribution in [1.29, 1.82) is 0 Å². The zero-order valence-corrected chi connectivity index (χ0v) is 21.7. The van der Waals surface area contributed by atoms with E-state index in [9.17, 15) is 14.4 Å². The molecule has 4 rings (SSSR count). The Morgan fingerprint density at radius 3 is 2.57 bits per heavy atom. The van der Waals surface area contributed by atoms with Crippen LogP contribution in [0.2, 0.25) is 0 Å². The van der Waals surface area contributed by atoms with Crippen molar-refractivity contribution < 1.29 is 24.2 Å². The molecule has 0 aliphatic carbocycles. The fraction of sp³-hybridized carbons (Fsp3) is 0.654. The molecule has 3 heterocycles. The molecule has 35 heavy (non-hydrogen) atoms. The number of hydrogen-bond acceptors (Lipinski definition) is 6. The van der Waals surface area contributed by atoms with E-state index >= 15 is 0 Å². The van der Waals surface area contributed by atoms with Crippen LogP contribution in [0.4, 0.5) is 5.69 Å². The Kier molecular flexibility index (Phi) is 7.66. The first-order chi connectivity index (χ1) is 16.8. The Labute approximate surface area is 211 Å². The van der Waals surface area contributed by atoms with Crippen LogP contribution >= 0.6 is 11.8 Å². The molecular formula is C26H37N3O5S. The third kappa shape index (κ3) is 4.53. The van der Waals surface area contributed by atoms with E-state index in [0.29, 0.717) is 37.4 Å². The monoisotopic (exact) mass is 503 g/mol. The number of nitrogens with zero attached hydrogens (tertiary/aromatic N) is 1. The van der Waals surface area contributed by atoms with Crippen LogP contribution in [-0.4, -0.2) is 70.1 Å². The number of anilines is 1. The van der Waals surface area contributed by atoms with Crippen molar-refractivity contribution in [3.63, 3.8) is 0 Å². The van der Waals surface area contributed by atoms with E-state index in [1.54, 1.807) is 48.0 Å². The van der Waals surface area contributed by atoms with Gasteiger partial charge in [-0.05, 0) is 69.7 Å². The Bertz CT molecular complexity index is 957. The van der Waals surface area contributed by atoms with Gasteiger partial charge in [0.05, 0.1) is 23.7 Å². The maximum atomic E-state index is 13.9. The number of hydrogen-bond donors (Lipinski definition) is 3. The molecule has 0 saturated carbocycles. The molecule has 3 aliphatic rings. The number of methoxy groups -OCH3 is 1. The van der Waals surface area contributed by atoms with E-state index in [4.69, 9.17) is 9.84 Å². The summed E-state index contributed by atoms with van der Waals surface area (Å²) < 4.78 is 4.23. The molecule has 3 aliphatic heterocycles. The van der Waals surface area contributed by atoms with Gasteiger partial charge >= 0.3 is 0 Å². The molecule has 0 aromatic heterocycles. The van der Waals surface area contributed by atoms with E-state index in [1.807, 2.05) is 6.92 Å². The predicted octanol–water partition coefficient (Wildman–Crippen LogP) is 2.80. The summed E-state index contributed by atoms with van der Waals surface area (Å²) in [6.45, 7) is 5.22. The third-order valence-electron chi connectivity index (χ3n) is 7.77. The SMILES string of the molecule is CCCNC(=O)[C@H]1[C@H]2C(=O)N(CCCCCO)C(C(=O)Nc3ccc(OC)cc3)C23CC[C@]1(C)S3. The normalized spacial score (nSPS) is 30.9. The quantitative estimate of drug-likeness (QED) is 0.401. The molecule has 1 aromatic rings. The molecule has 0 radical (unpaired) electrons. The lowest BCUT2D eigenvalue weighted by Crippen LogP contribution is -2.52. The number of ether oxygens (including phenoxy) is 1. The van der Waals surface area contributed by atoms with Crippen LogP contribution in [-0.2, 0) is 14.4 Å². The number of thioether (sulfide) groups is 1. The molecular weight excluding hydrogens is 466 g/mol. The van der Waals surface area contributed by atoms with Crippen LogP contribution in [0.25, 0.3) is 0 Å². The molecule has 9 heteroatoms. The Hall–Kier alpha value is -2.26. The number of unbranched alkanes of at least 4 members (excludes halogenated alkanes) is 2. The average molecular weight is 504 g/mol. The summed E-state index contributed by atoms with van der Waals surface area (Å²) in [6, 6.07) is 6.50. The summed E-state index contributed by atoms with van der Waals surface area (Å²) in [5, 5.41) is 15.2. The van der Waals surface area contributed by atoms with Gasteiger partial charge in [0.25, 0.3) is 0 Å². The highest BCUT2D eigenvalue weighted by Gasteiger charge is 2.76. The van der Waals surface area contributed by atoms with Crippen molar-refractivity contribution in [1.82, 2.24) is 10.2 Å². The number of nitrogens with one attached hydrogen (secondary N) is 2. The summed E-state index contributed by atoms with van der Waals surface area (Å²) >= 11 is 1.68. The third-order valence-corrected chi connectivity index (χ3v) is 9.76. The van der Waals surface area contributed by atoms with Gasteiger partial charge < -0.3 is 25.4 Å². The van der Waals surface area contributed by atoms with Crippen LogP contribution in [0, 0.1) is 11.8 Å². The van der Waals surface area contributed by atoms with Gasteiger partial charge in [-0.15, -0.1) is 11.8 Å². The summed E-state index contributed by atoms with van der Waals surface area (Å²) in [4.78, 5) is 42.7. The van der Waals surface area contributed by atoms with Crippen molar-refractivity contribution >= 4 is 35.2 Å². The molecule has 3 N–H and O–H groups in total. The average Bonchev–Trinajstić information content (AvgIpc) is 3.41. The first kappa shape index (κ1) is 25.8. The number of aliphatic hydroxyl groups is 1. The van der Waals surface area contributed by atoms with Gasteiger partial charge in [0.2, 0.25) is 17.7 Å². The minimum Gasteiger partial charge on any atom is -0.497 e. The smallest absolute Gasteiger partial charge is 0.248 e. The maximum absolute atomic E-state index is 13.9. The van der Waals surface area contributed by atoms with Crippen molar-refractivity contribution in [3.05, 3.63) is 24.3 Å². The van der Waals surface area contributed by atoms with Gasteiger partial charge in [0.1, 0.15) is 11.8 Å². The highest BCUT2D eigenvalue weighted by atomic mass is 32.2. The maximum Gasteiger partial charge on any atom is 0.248 e. The number of aliphatic hydroxyl groups excluding tert-OH is 1. The lowest BCUT2D eigenvalue weighted by atomic mass is 9.66. The van der Waals surface area contributed by atoms with Gasteiger partial charge in [0, 0.05) is 30.1 Å². The van der Waals surface area contributed by atoms with Gasteiger partial charge in [-0.25, -0.2) is 0 Å². The van der Waals surface area contributed by atoms with Crippen molar-refractivity contribution in [2.45, 2.75) is 67.9 Å².